The van der Waals surface area contributed by atoms with E-state index in [1.807, 2.05) is 6.07 Å². The Morgan fingerprint density at radius 3 is 2.79 bits per heavy atom. The van der Waals surface area contributed by atoms with Crippen LogP contribution in [0.15, 0.2) is 28.7 Å². The van der Waals surface area contributed by atoms with Gasteiger partial charge in [0.2, 0.25) is 0 Å². The molecule has 3 nitrogen and oxygen atoms in total. The van der Waals surface area contributed by atoms with E-state index in [1.165, 1.54) is 16.8 Å². The van der Waals surface area contributed by atoms with Crippen molar-refractivity contribution in [2.75, 3.05) is 6.54 Å². The van der Waals surface area contributed by atoms with Gasteiger partial charge in [-0.25, -0.2) is 0 Å². The van der Waals surface area contributed by atoms with Gasteiger partial charge in [-0.15, -0.1) is 0 Å². The first-order valence-corrected chi connectivity index (χ1v) is 7.39. The van der Waals surface area contributed by atoms with Crippen LogP contribution in [-0.4, -0.2) is 16.3 Å². The molecule has 1 heterocycles. The van der Waals surface area contributed by atoms with E-state index >= 15 is 0 Å². The molecule has 2 aromatic rings. The summed E-state index contributed by atoms with van der Waals surface area (Å²) < 4.78 is 3.20. The number of hydrogen-bond acceptors (Lipinski definition) is 2. The van der Waals surface area contributed by atoms with E-state index in [1.54, 1.807) is 0 Å². The Hall–Kier alpha value is -1.13. The van der Waals surface area contributed by atoms with Crippen LogP contribution < -0.4 is 5.32 Å². The average molecular weight is 322 g/mol. The van der Waals surface area contributed by atoms with E-state index in [9.17, 15) is 0 Å². The lowest BCUT2D eigenvalue weighted by Gasteiger charge is -2.06. The van der Waals surface area contributed by atoms with Crippen LogP contribution >= 0.6 is 15.9 Å². The van der Waals surface area contributed by atoms with Crippen molar-refractivity contribution in [2.24, 2.45) is 0 Å². The Kier molecular flexibility index (Phi) is 4.77. The zero-order valence-corrected chi connectivity index (χ0v) is 13.3. The van der Waals surface area contributed by atoms with Crippen LogP contribution in [0.4, 0.5) is 0 Å². The highest BCUT2D eigenvalue weighted by Crippen LogP contribution is 2.17. The summed E-state index contributed by atoms with van der Waals surface area (Å²) in [6.07, 6.45) is 0. The van der Waals surface area contributed by atoms with Crippen LogP contribution in [0.2, 0.25) is 0 Å². The lowest BCUT2D eigenvalue weighted by atomic mass is 10.2. The molecular weight excluding hydrogens is 302 g/mol. The summed E-state index contributed by atoms with van der Waals surface area (Å²) in [6.45, 7) is 9.04. The monoisotopic (exact) mass is 321 g/mol. The Bertz CT molecular complexity index is 561. The summed E-state index contributed by atoms with van der Waals surface area (Å²) in [5, 5.41) is 8.02. The average Bonchev–Trinajstić information content (AvgIpc) is 2.62. The predicted molar refractivity (Wildman–Crippen MR) is 82.3 cm³/mol. The van der Waals surface area contributed by atoms with Crippen molar-refractivity contribution in [1.82, 2.24) is 15.1 Å². The molecule has 0 atom stereocenters. The molecule has 2 rings (SSSR count). The number of halogens is 1. The molecule has 0 spiro atoms. The highest BCUT2D eigenvalue weighted by molar-refractivity contribution is 9.10. The van der Waals surface area contributed by atoms with Crippen molar-refractivity contribution in [3.8, 4) is 0 Å². The molecule has 0 bridgehead atoms. The van der Waals surface area contributed by atoms with Gasteiger partial charge >= 0.3 is 0 Å². The number of nitrogens with zero attached hydrogens (tertiary/aromatic N) is 2. The van der Waals surface area contributed by atoms with Gasteiger partial charge in [-0.1, -0.05) is 35.0 Å². The maximum Gasteiger partial charge on any atom is 0.0663 e. The Morgan fingerprint density at radius 1 is 1.32 bits per heavy atom. The zero-order valence-electron chi connectivity index (χ0n) is 11.7. The molecule has 0 aliphatic rings. The molecule has 0 unspecified atom stereocenters. The molecule has 4 heteroatoms. The highest BCUT2D eigenvalue weighted by Gasteiger charge is 2.11. The number of nitrogens with one attached hydrogen (secondary N) is 1. The summed E-state index contributed by atoms with van der Waals surface area (Å²) in [6, 6.07) is 8.37. The van der Waals surface area contributed by atoms with Gasteiger partial charge in [0.1, 0.15) is 0 Å². The van der Waals surface area contributed by atoms with Crippen molar-refractivity contribution < 1.29 is 0 Å². The van der Waals surface area contributed by atoms with Gasteiger partial charge in [-0.3, -0.25) is 4.68 Å². The molecule has 0 amide bonds. The third-order valence-electron chi connectivity index (χ3n) is 3.30. The summed E-state index contributed by atoms with van der Waals surface area (Å²) in [7, 11) is 0. The predicted octanol–water partition coefficient (Wildman–Crippen LogP) is 3.42. The van der Waals surface area contributed by atoms with Crippen molar-refractivity contribution in [2.45, 2.75) is 33.9 Å². The van der Waals surface area contributed by atoms with Crippen molar-refractivity contribution in [3.05, 3.63) is 51.3 Å². The lowest BCUT2D eigenvalue weighted by molar-refractivity contribution is 0.655. The van der Waals surface area contributed by atoms with Crippen LogP contribution in [0.3, 0.4) is 0 Å². The molecule has 1 aromatic carbocycles. The first-order chi connectivity index (χ1) is 9.11. The molecule has 102 valence electrons. The smallest absolute Gasteiger partial charge is 0.0663 e. The molecule has 1 aromatic heterocycles. The van der Waals surface area contributed by atoms with Gasteiger partial charge in [-0.2, -0.15) is 5.10 Å². The van der Waals surface area contributed by atoms with Gasteiger partial charge in [-0.05, 0) is 38.1 Å². The Balaban J connectivity index is 2.21. The second-order valence-electron chi connectivity index (χ2n) is 4.72. The van der Waals surface area contributed by atoms with Crippen molar-refractivity contribution in [1.29, 1.82) is 0 Å². The minimum absolute atomic E-state index is 0.818. The second-order valence-corrected chi connectivity index (χ2v) is 5.63. The van der Waals surface area contributed by atoms with Gasteiger partial charge in [0.25, 0.3) is 0 Å². The fourth-order valence-electron chi connectivity index (χ4n) is 2.20. The van der Waals surface area contributed by atoms with Crippen LogP contribution in [0.1, 0.15) is 29.4 Å². The van der Waals surface area contributed by atoms with Crippen LogP contribution in [0, 0.1) is 13.8 Å². The lowest BCUT2D eigenvalue weighted by Crippen LogP contribution is -2.13. The largest absolute Gasteiger partial charge is 0.313 e. The van der Waals surface area contributed by atoms with Gasteiger partial charge in [0, 0.05) is 22.3 Å². The van der Waals surface area contributed by atoms with Crippen LogP contribution in [-0.2, 0) is 13.1 Å². The molecule has 0 saturated carbocycles. The first-order valence-electron chi connectivity index (χ1n) is 6.60. The molecule has 0 aliphatic heterocycles. The number of aromatic nitrogens is 2. The minimum Gasteiger partial charge on any atom is -0.313 e. The van der Waals surface area contributed by atoms with Crippen molar-refractivity contribution >= 4 is 15.9 Å². The van der Waals surface area contributed by atoms with E-state index in [4.69, 9.17) is 0 Å². The Morgan fingerprint density at radius 2 is 2.11 bits per heavy atom. The normalized spacial score (nSPS) is 10.9. The zero-order chi connectivity index (χ0) is 13.8. The summed E-state index contributed by atoms with van der Waals surface area (Å²) >= 11 is 3.51. The molecule has 0 radical (unpaired) electrons. The van der Waals surface area contributed by atoms with E-state index in [0.29, 0.717) is 0 Å². The molecule has 19 heavy (non-hydrogen) atoms. The number of benzene rings is 1. The minimum atomic E-state index is 0.818. The molecule has 0 fully saturated rings. The third kappa shape index (κ3) is 3.45. The summed E-state index contributed by atoms with van der Waals surface area (Å²) in [5.74, 6) is 0. The molecule has 0 aliphatic carbocycles. The molecular formula is C15H20BrN3. The van der Waals surface area contributed by atoms with Crippen LogP contribution in [0.5, 0.6) is 0 Å². The summed E-state index contributed by atoms with van der Waals surface area (Å²) in [4.78, 5) is 0. The Labute approximate surface area is 123 Å². The van der Waals surface area contributed by atoms with Gasteiger partial charge in [0.15, 0.2) is 0 Å². The topological polar surface area (TPSA) is 29.9 Å². The van der Waals surface area contributed by atoms with E-state index < -0.39 is 0 Å². The molecule has 1 N–H and O–H groups in total. The van der Waals surface area contributed by atoms with Gasteiger partial charge < -0.3 is 5.32 Å². The highest BCUT2D eigenvalue weighted by atomic mass is 79.9. The maximum absolute atomic E-state index is 4.65. The number of aryl methyl sites for hydroxylation is 1. The maximum atomic E-state index is 4.65. The second kappa shape index (κ2) is 6.35. The summed E-state index contributed by atoms with van der Waals surface area (Å²) in [5.41, 5.74) is 4.94. The SMILES string of the molecule is CCNCc1c(C)nn(Cc2cccc(Br)c2)c1C. The van der Waals surface area contributed by atoms with E-state index in [0.717, 1.165) is 29.8 Å². The van der Waals surface area contributed by atoms with Crippen molar-refractivity contribution in [3.63, 3.8) is 0 Å². The van der Waals surface area contributed by atoms with Crippen LogP contribution in [0.25, 0.3) is 0 Å². The standard InChI is InChI=1S/C15H20BrN3/c1-4-17-9-15-11(2)18-19(12(15)3)10-13-6-5-7-14(16)8-13/h5-8,17H,4,9-10H2,1-3H3. The fraction of sp³-hybridized carbons (Fsp3) is 0.400. The van der Waals surface area contributed by atoms with E-state index in [-0.39, 0.29) is 0 Å². The first kappa shape index (κ1) is 14.3. The van der Waals surface area contributed by atoms with E-state index in [2.05, 4.69) is 70.0 Å². The molecule has 0 saturated heterocycles. The number of hydrogen-bond donors (Lipinski definition) is 1. The fourth-order valence-corrected chi connectivity index (χ4v) is 2.65. The number of rotatable bonds is 5. The van der Waals surface area contributed by atoms with Gasteiger partial charge in [0.05, 0.1) is 12.2 Å². The third-order valence-corrected chi connectivity index (χ3v) is 3.80. The quantitative estimate of drug-likeness (QED) is 0.914.